The summed E-state index contributed by atoms with van der Waals surface area (Å²) in [5, 5.41) is 3.97. The average Bonchev–Trinajstić information content (AvgIpc) is 2.75. The van der Waals surface area contributed by atoms with E-state index in [1.54, 1.807) is 18.2 Å². The average molecular weight is 339 g/mol. The molecule has 0 saturated carbocycles. The molecule has 1 N–H and O–H groups in total. The molecule has 22 heavy (non-hydrogen) atoms. The number of Topliss-reactive ketones (excluding diaryl/α,β-unsaturated/α-hetero) is 1. The highest BCUT2D eigenvalue weighted by Gasteiger charge is 2.17. The minimum absolute atomic E-state index is 0.0380. The Kier molecular flexibility index (Phi) is 5.20. The molecular formula is C17H20Cl2N2O. The van der Waals surface area contributed by atoms with Crippen LogP contribution in [-0.4, -0.2) is 16.9 Å². The van der Waals surface area contributed by atoms with Crippen molar-refractivity contribution in [2.75, 3.05) is 11.9 Å². The normalized spacial score (nSPS) is 11.0. The molecule has 3 nitrogen and oxygen atoms in total. The molecule has 5 heteroatoms. The van der Waals surface area contributed by atoms with E-state index in [-0.39, 0.29) is 12.3 Å². The second-order valence-corrected chi connectivity index (χ2v) is 6.41. The Hall–Kier alpha value is -1.45. The lowest BCUT2D eigenvalue weighted by Crippen LogP contribution is -2.15. The minimum atomic E-state index is 0.0380. The number of benzene rings is 1. The lowest BCUT2D eigenvalue weighted by molar-refractivity contribution is 0.101. The fraction of sp³-hybridized carbons (Fsp3) is 0.353. The van der Waals surface area contributed by atoms with E-state index in [2.05, 4.69) is 23.7 Å². The highest BCUT2D eigenvalue weighted by molar-refractivity contribution is 6.43. The molecule has 0 unspecified atom stereocenters. The van der Waals surface area contributed by atoms with Crippen LogP contribution in [0.1, 0.15) is 41.6 Å². The molecule has 0 spiro atoms. The van der Waals surface area contributed by atoms with Gasteiger partial charge in [-0.2, -0.15) is 0 Å². The molecule has 1 aromatic heterocycles. The van der Waals surface area contributed by atoms with E-state index in [0.717, 1.165) is 17.0 Å². The van der Waals surface area contributed by atoms with Gasteiger partial charge in [-0.05, 0) is 45.9 Å². The van der Waals surface area contributed by atoms with Gasteiger partial charge in [0.2, 0.25) is 0 Å². The molecule has 0 fully saturated rings. The predicted octanol–water partition coefficient (Wildman–Crippen LogP) is 5.29. The maximum Gasteiger partial charge on any atom is 0.183 e. The van der Waals surface area contributed by atoms with Crippen molar-refractivity contribution in [3.8, 4) is 0 Å². The van der Waals surface area contributed by atoms with E-state index in [1.165, 1.54) is 0 Å². The molecule has 0 radical (unpaired) electrons. The number of halogens is 2. The van der Waals surface area contributed by atoms with Gasteiger partial charge in [0.1, 0.15) is 0 Å². The molecule has 0 aliphatic carbocycles. The largest absolute Gasteiger partial charge is 0.376 e. The first-order chi connectivity index (χ1) is 10.3. The molecule has 2 aromatic rings. The van der Waals surface area contributed by atoms with E-state index in [4.69, 9.17) is 23.2 Å². The number of carbonyl (C=O) groups is 1. The van der Waals surface area contributed by atoms with E-state index in [0.29, 0.717) is 21.8 Å². The summed E-state index contributed by atoms with van der Waals surface area (Å²) in [4.78, 5) is 12.5. The van der Waals surface area contributed by atoms with Gasteiger partial charge in [-0.3, -0.25) is 4.79 Å². The highest BCUT2D eigenvalue weighted by atomic mass is 35.5. The zero-order valence-corrected chi connectivity index (χ0v) is 14.7. The number of aromatic nitrogens is 1. The van der Waals surface area contributed by atoms with Gasteiger partial charge < -0.3 is 9.88 Å². The summed E-state index contributed by atoms with van der Waals surface area (Å²) >= 11 is 12.1. The number of nitrogens with one attached hydrogen (secondary N) is 1. The van der Waals surface area contributed by atoms with Gasteiger partial charge in [0, 0.05) is 23.0 Å². The van der Waals surface area contributed by atoms with Crippen LogP contribution in [0, 0.1) is 13.8 Å². The zero-order chi connectivity index (χ0) is 16.4. The summed E-state index contributed by atoms with van der Waals surface area (Å²) in [7, 11) is 0. The first kappa shape index (κ1) is 16.9. The first-order valence-corrected chi connectivity index (χ1v) is 7.98. The summed E-state index contributed by atoms with van der Waals surface area (Å²) in [6.45, 7) is 8.40. The SMILES string of the molecule is Cc1cc(C(=O)CNc2cccc(Cl)c2Cl)c(C)n1C(C)C. The summed E-state index contributed by atoms with van der Waals surface area (Å²) in [5.41, 5.74) is 3.50. The summed E-state index contributed by atoms with van der Waals surface area (Å²) < 4.78 is 2.17. The first-order valence-electron chi connectivity index (χ1n) is 7.22. The molecule has 1 heterocycles. The van der Waals surface area contributed by atoms with E-state index in [1.807, 2.05) is 19.9 Å². The van der Waals surface area contributed by atoms with Gasteiger partial charge in [-0.25, -0.2) is 0 Å². The summed E-state index contributed by atoms with van der Waals surface area (Å²) in [6.07, 6.45) is 0. The molecule has 0 amide bonds. The van der Waals surface area contributed by atoms with Crippen LogP contribution in [0.2, 0.25) is 10.0 Å². The number of hydrogen-bond donors (Lipinski definition) is 1. The number of rotatable bonds is 5. The van der Waals surface area contributed by atoms with Crippen LogP contribution in [-0.2, 0) is 0 Å². The third kappa shape index (κ3) is 3.31. The Morgan fingerprint density at radius 1 is 1.27 bits per heavy atom. The van der Waals surface area contributed by atoms with Crippen molar-refractivity contribution in [1.29, 1.82) is 0 Å². The van der Waals surface area contributed by atoms with Gasteiger partial charge >= 0.3 is 0 Å². The smallest absolute Gasteiger partial charge is 0.183 e. The van der Waals surface area contributed by atoms with Gasteiger partial charge in [0.25, 0.3) is 0 Å². The van der Waals surface area contributed by atoms with Crippen molar-refractivity contribution in [3.63, 3.8) is 0 Å². The predicted molar refractivity (Wildman–Crippen MR) is 93.6 cm³/mol. The van der Waals surface area contributed by atoms with Crippen LogP contribution in [0.25, 0.3) is 0 Å². The van der Waals surface area contributed by atoms with Crippen molar-refractivity contribution in [1.82, 2.24) is 4.57 Å². The van der Waals surface area contributed by atoms with Crippen LogP contribution in [0.5, 0.6) is 0 Å². The topological polar surface area (TPSA) is 34.0 Å². The number of carbonyl (C=O) groups excluding carboxylic acids is 1. The Morgan fingerprint density at radius 3 is 2.55 bits per heavy atom. The number of anilines is 1. The van der Waals surface area contributed by atoms with Gasteiger partial charge in [-0.1, -0.05) is 29.3 Å². The molecule has 0 bridgehead atoms. The van der Waals surface area contributed by atoms with E-state index in [9.17, 15) is 4.79 Å². The second-order valence-electron chi connectivity index (χ2n) is 5.63. The fourth-order valence-corrected chi connectivity index (χ4v) is 3.13. The van der Waals surface area contributed by atoms with Gasteiger partial charge in [0.15, 0.2) is 5.78 Å². The van der Waals surface area contributed by atoms with Crippen LogP contribution >= 0.6 is 23.2 Å². The van der Waals surface area contributed by atoms with Gasteiger partial charge in [-0.15, -0.1) is 0 Å². The van der Waals surface area contributed by atoms with E-state index < -0.39 is 0 Å². The minimum Gasteiger partial charge on any atom is -0.376 e. The van der Waals surface area contributed by atoms with Crippen molar-refractivity contribution in [2.24, 2.45) is 0 Å². The monoisotopic (exact) mass is 338 g/mol. The number of nitrogens with zero attached hydrogens (tertiary/aromatic N) is 1. The van der Waals surface area contributed by atoms with Crippen LogP contribution in [0.3, 0.4) is 0 Å². The van der Waals surface area contributed by atoms with Gasteiger partial charge in [0.05, 0.1) is 22.3 Å². The lowest BCUT2D eigenvalue weighted by atomic mass is 10.1. The number of hydrogen-bond acceptors (Lipinski definition) is 2. The van der Waals surface area contributed by atoms with E-state index >= 15 is 0 Å². The Bertz CT molecular complexity index is 705. The number of ketones is 1. The van der Waals surface area contributed by atoms with Crippen LogP contribution < -0.4 is 5.32 Å². The third-order valence-corrected chi connectivity index (χ3v) is 4.51. The maximum atomic E-state index is 12.5. The molecule has 0 saturated heterocycles. The Labute approximate surface area is 141 Å². The van der Waals surface area contributed by atoms with Crippen molar-refractivity contribution < 1.29 is 4.79 Å². The molecule has 1 aromatic carbocycles. The molecule has 2 rings (SSSR count). The third-order valence-electron chi connectivity index (χ3n) is 3.69. The highest BCUT2D eigenvalue weighted by Crippen LogP contribution is 2.29. The zero-order valence-electron chi connectivity index (χ0n) is 13.2. The fourth-order valence-electron chi connectivity index (χ4n) is 2.77. The molecule has 0 aliphatic rings. The van der Waals surface area contributed by atoms with Crippen LogP contribution in [0.15, 0.2) is 24.3 Å². The molecule has 0 aliphatic heterocycles. The second kappa shape index (κ2) is 6.76. The quantitative estimate of drug-likeness (QED) is 0.751. The van der Waals surface area contributed by atoms with Crippen molar-refractivity contribution >= 4 is 34.7 Å². The summed E-state index contributed by atoms with van der Waals surface area (Å²) in [5.74, 6) is 0.0380. The van der Waals surface area contributed by atoms with Crippen molar-refractivity contribution in [2.45, 2.75) is 33.7 Å². The lowest BCUT2D eigenvalue weighted by Gasteiger charge is -2.14. The summed E-state index contributed by atoms with van der Waals surface area (Å²) in [6, 6.07) is 7.59. The Morgan fingerprint density at radius 2 is 1.95 bits per heavy atom. The maximum absolute atomic E-state index is 12.5. The van der Waals surface area contributed by atoms with Crippen molar-refractivity contribution in [3.05, 3.63) is 51.3 Å². The van der Waals surface area contributed by atoms with Crippen LogP contribution in [0.4, 0.5) is 5.69 Å². The Balaban J connectivity index is 2.17. The standard InChI is InChI=1S/C17H20Cl2N2O/c1-10(2)21-11(3)8-13(12(21)4)16(22)9-20-15-7-5-6-14(18)17(15)19/h5-8,10,20H,9H2,1-4H3. The molecular weight excluding hydrogens is 319 g/mol. The molecule has 0 atom stereocenters. The molecule has 118 valence electrons. The number of aryl methyl sites for hydroxylation is 1.